The Morgan fingerprint density at radius 2 is 1.91 bits per heavy atom. The van der Waals surface area contributed by atoms with Crippen molar-refractivity contribution in [3.05, 3.63) is 45.3 Å². The van der Waals surface area contributed by atoms with Crippen molar-refractivity contribution in [1.29, 1.82) is 0 Å². The van der Waals surface area contributed by atoms with Gasteiger partial charge in [-0.05, 0) is 49.4 Å². The molecular weight excluding hydrogens is 456 g/mol. The van der Waals surface area contributed by atoms with Gasteiger partial charge in [-0.15, -0.1) is 11.3 Å². The molecule has 11 heteroatoms. The molecule has 1 aliphatic carbocycles. The van der Waals surface area contributed by atoms with Crippen LogP contribution >= 0.6 is 11.3 Å². The average molecular weight is 481 g/mol. The van der Waals surface area contributed by atoms with Crippen LogP contribution in [0.25, 0.3) is 0 Å². The van der Waals surface area contributed by atoms with Gasteiger partial charge in [0.25, 0.3) is 5.91 Å². The lowest BCUT2D eigenvalue weighted by Gasteiger charge is -2.11. The number of carbonyl (C=O) groups is 3. The second kappa shape index (κ2) is 9.80. The third-order valence-corrected chi connectivity index (χ3v) is 7.72. The topological polar surface area (TPSA) is 128 Å². The lowest BCUT2D eigenvalue weighted by Crippen LogP contribution is -2.24. The molecule has 2 aromatic rings. The zero-order valence-electron chi connectivity index (χ0n) is 17.9. The summed E-state index contributed by atoms with van der Waals surface area (Å²) in [4.78, 5) is 38.0. The van der Waals surface area contributed by atoms with Crippen LogP contribution in [0.1, 0.15) is 50.1 Å². The van der Waals surface area contributed by atoms with Crippen molar-refractivity contribution in [2.24, 2.45) is 0 Å². The number of fused-ring (bicyclic) bond motifs is 1. The maximum absolute atomic E-state index is 12.5. The van der Waals surface area contributed by atoms with Crippen molar-refractivity contribution in [3.8, 4) is 0 Å². The Labute approximate surface area is 190 Å². The third kappa shape index (κ3) is 5.00. The Morgan fingerprint density at radius 3 is 2.59 bits per heavy atom. The van der Waals surface area contributed by atoms with Gasteiger partial charge in [-0.25, -0.2) is 22.7 Å². The first-order chi connectivity index (χ1) is 15.2. The van der Waals surface area contributed by atoms with Gasteiger partial charge >= 0.3 is 11.9 Å². The molecule has 0 fully saturated rings. The molecule has 172 valence electrons. The Hall–Kier alpha value is -2.76. The molecule has 1 aliphatic rings. The normalized spacial score (nSPS) is 12.8. The molecule has 1 amide bonds. The lowest BCUT2D eigenvalue weighted by atomic mass is 10.1. The van der Waals surface area contributed by atoms with Crippen LogP contribution in [0, 0.1) is 6.92 Å². The number of methoxy groups -OCH3 is 1. The molecular formula is C21H24N2O7S2. The highest BCUT2D eigenvalue weighted by atomic mass is 32.2. The number of sulfonamides is 1. The van der Waals surface area contributed by atoms with E-state index in [2.05, 4.69) is 10.0 Å². The molecule has 1 heterocycles. The van der Waals surface area contributed by atoms with Crippen LogP contribution < -0.4 is 10.0 Å². The standard InChI is InChI=1S/C21H24N2O7S2/c1-4-22-32(27,28)13-9-8-12(2)15(10-13)20(25)30-11-17(24)23-19-18(21(26)29-3)14-6-5-7-16(14)31-19/h8-10,22H,4-7,11H2,1-3H3,(H,23,24). The Bertz CT molecular complexity index is 1170. The summed E-state index contributed by atoms with van der Waals surface area (Å²) in [7, 11) is -2.47. The molecule has 0 saturated heterocycles. The van der Waals surface area contributed by atoms with Gasteiger partial charge in [0.2, 0.25) is 10.0 Å². The summed E-state index contributed by atoms with van der Waals surface area (Å²) in [6.07, 6.45) is 2.52. The number of hydrogen-bond donors (Lipinski definition) is 2. The second-order valence-electron chi connectivity index (χ2n) is 7.16. The predicted octanol–water partition coefficient (Wildman–Crippen LogP) is 2.43. The molecule has 1 aromatic heterocycles. The zero-order chi connectivity index (χ0) is 23.5. The quantitative estimate of drug-likeness (QED) is 0.555. The van der Waals surface area contributed by atoms with Gasteiger partial charge in [-0.1, -0.05) is 13.0 Å². The number of benzene rings is 1. The number of nitrogens with one attached hydrogen (secondary N) is 2. The van der Waals surface area contributed by atoms with E-state index in [1.54, 1.807) is 13.8 Å². The van der Waals surface area contributed by atoms with Gasteiger partial charge in [-0.2, -0.15) is 0 Å². The maximum Gasteiger partial charge on any atom is 0.341 e. The number of rotatable bonds is 8. The van der Waals surface area contributed by atoms with E-state index in [-0.39, 0.29) is 17.0 Å². The van der Waals surface area contributed by atoms with E-state index < -0.39 is 34.5 Å². The largest absolute Gasteiger partial charge is 0.465 e. The minimum Gasteiger partial charge on any atom is -0.465 e. The lowest BCUT2D eigenvalue weighted by molar-refractivity contribution is -0.119. The van der Waals surface area contributed by atoms with Gasteiger partial charge < -0.3 is 14.8 Å². The summed E-state index contributed by atoms with van der Waals surface area (Å²) >= 11 is 1.32. The van der Waals surface area contributed by atoms with Gasteiger partial charge in [-0.3, -0.25) is 4.79 Å². The number of hydrogen-bond acceptors (Lipinski definition) is 8. The van der Waals surface area contributed by atoms with E-state index in [0.717, 1.165) is 29.7 Å². The van der Waals surface area contributed by atoms with E-state index in [0.29, 0.717) is 16.1 Å². The highest BCUT2D eigenvalue weighted by Crippen LogP contribution is 2.39. The monoisotopic (exact) mass is 480 g/mol. The summed E-state index contributed by atoms with van der Waals surface area (Å²) in [5, 5.41) is 3.00. The van der Waals surface area contributed by atoms with Crippen molar-refractivity contribution in [2.45, 2.75) is 38.0 Å². The summed E-state index contributed by atoms with van der Waals surface area (Å²) in [5.41, 5.74) is 1.79. The molecule has 2 N–H and O–H groups in total. The first kappa shape index (κ1) is 23.9. The van der Waals surface area contributed by atoms with Gasteiger partial charge in [0.05, 0.1) is 23.1 Å². The fraction of sp³-hybridized carbons (Fsp3) is 0.381. The molecule has 0 bridgehead atoms. The van der Waals surface area contributed by atoms with E-state index in [4.69, 9.17) is 9.47 Å². The van der Waals surface area contributed by atoms with Crippen molar-refractivity contribution in [3.63, 3.8) is 0 Å². The molecule has 1 aromatic carbocycles. The summed E-state index contributed by atoms with van der Waals surface area (Å²) in [6, 6.07) is 4.10. The van der Waals surface area contributed by atoms with Gasteiger partial charge in [0, 0.05) is 11.4 Å². The molecule has 0 saturated carbocycles. The molecule has 0 radical (unpaired) electrons. The smallest absolute Gasteiger partial charge is 0.341 e. The summed E-state index contributed by atoms with van der Waals surface area (Å²) in [6.45, 7) is 2.89. The predicted molar refractivity (Wildman–Crippen MR) is 119 cm³/mol. The number of ether oxygens (including phenoxy) is 2. The van der Waals surface area contributed by atoms with Crippen molar-refractivity contribution in [2.75, 3.05) is 25.6 Å². The van der Waals surface area contributed by atoms with Crippen molar-refractivity contribution in [1.82, 2.24) is 4.72 Å². The number of anilines is 1. The first-order valence-electron chi connectivity index (χ1n) is 9.98. The fourth-order valence-electron chi connectivity index (χ4n) is 3.44. The number of aryl methyl sites for hydroxylation is 2. The van der Waals surface area contributed by atoms with E-state index in [1.165, 1.54) is 36.6 Å². The fourth-order valence-corrected chi connectivity index (χ4v) is 5.80. The molecule has 0 atom stereocenters. The number of amides is 1. The average Bonchev–Trinajstić information content (AvgIpc) is 3.32. The van der Waals surface area contributed by atoms with Crippen molar-refractivity contribution < 1.29 is 32.3 Å². The van der Waals surface area contributed by atoms with Gasteiger partial charge in [0.15, 0.2) is 6.61 Å². The zero-order valence-corrected chi connectivity index (χ0v) is 19.6. The molecule has 0 aliphatic heterocycles. The SMILES string of the molecule is CCNS(=O)(=O)c1ccc(C)c(C(=O)OCC(=O)Nc2sc3c(c2C(=O)OC)CCC3)c1. The molecule has 0 unspecified atom stereocenters. The Kier molecular flexibility index (Phi) is 7.32. The Balaban J connectivity index is 1.70. The van der Waals surface area contributed by atoms with Crippen molar-refractivity contribution >= 4 is 44.2 Å². The van der Waals surface area contributed by atoms with Crippen LogP contribution in [0.4, 0.5) is 5.00 Å². The van der Waals surface area contributed by atoms with E-state index in [9.17, 15) is 22.8 Å². The molecule has 9 nitrogen and oxygen atoms in total. The van der Waals surface area contributed by atoms with Crippen LogP contribution in [-0.2, 0) is 37.1 Å². The Morgan fingerprint density at radius 1 is 1.16 bits per heavy atom. The minimum atomic E-state index is -3.75. The number of esters is 2. The molecule has 0 spiro atoms. The van der Waals surface area contributed by atoms with E-state index in [1.807, 2.05) is 0 Å². The molecule has 32 heavy (non-hydrogen) atoms. The summed E-state index contributed by atoms with van der Waals surface area (Å²) < 4.78 is 36.7. The van der Waals surface area contributed by atoms with Crippen LogP contribution in [-0.4, -0.2) is 46.5 Å². The summed E-state index contributed by atoms with van der Waals surface area (Å²) in [5.74, 6) is -1.96. The second-order valence-corrected chi connectivity index (χ2v) is 10.0. The van der Waals surface area contributed by atoms with Crippen LogP contribution in [0.15, 0.2) is 23.1 Å². The number of thiophene rings is 1. The van der Waals surface area contributed by atoms with Crippen LogP contribution in [0.5, 0.6) is 0 Å². The maximum atomic E-state index is 12.5. The molecule has 3 rings (SSSR count). The third-order valence-electron chi connectivity index (χ3n) is 4.97. The van der Waals surface area contributed by atoms with Crippen LogP contribution in [0.3, 0.4) is 0 Å². The van der Waals surface area contributed by atoms with Crippen LogP contribution in [0.2, 0.25) is 0 Å². The highest BCUT2D eigenvalue weighted by Gasteiger charge is 2.28. The number of carbonyl (C=O) groups excluding carboxylic acids is 3. The first-order valence-corrected chi connectivity index (χ1v) is 12.3. The minimum absolute atomic E-state index is 0.0436. The van der Waals surface area contributed by atoms with Gasteiger partial charge in [0.1, 0.15) is 5.00 Å². The van der Waals surface area contributed by atoms with E-state index >= 15 is 0 Å². The highest BCUT2D eigenvalue weighted by molar-refractivity contribution is 7.89.